The number of esters is 1. The zero-order valence-corrected chi connectivity index (χ0v) is 18.3. The van der Waals surface area contributed by atoms with Gasteiger partial charge in [-0.15, -0.1) is 11.3 Å². The number of nitrogens with two attached hydrogens (primary N) is 1. The molecular formula is C20H19FN2O6S2. The van der Waals surface area contributed by atoms with Gasteiger partial charge in [0.05, 0.1) is 29.9 Å². The lowest BCUT2D eigenvalue weighted by Crippen LogP contribution is -2.14. The molecule has 3 rings (SSSR count). The summed E-state index contributed by atoms with van der Waals surface area (Å²) in [7, 11) is -2.55. The number of ether oxygens (including phenoxy) is 3. The van der Waals surface area contributed by atoms with Crippen molar-refractivity contribution in [2.24, 2.45) is 5.14 Å². The molecule has 3 aromatic rings. The summed E-state index contributed by atoms with van der Waals surface area (Å²) in [6.45, 7) is 2.16. The molecule has 2 aromatic carbocycles. The molecule has 31 heavy (non-hydrogen) atoms. The normalized spacial score (nSPS) is 11.2. The Hall–Kier alpha value is -3.02. The number of sulfonamides is 1. The summed E-state index contributed by atoms with van der Waals surface area (Å²) in [5.41, 5.74) is 0.706. The van der Waals surface area contributed by atoms with Gasteiger partial charge < -0.3 is 14.2 Å². The van der Waals surface area contributed by atoms with E-state index in [1.165, 1.54) is 11.3 Å². The predicted octanol–water partition coefficient (Wildman–Crippen LogP) is 3.36. The second kappa shape index (κ2) is 9.41. The Morgan fingerprint density at radius 2 is 1.97 bits per heavy atom. The fourth-order valence-electron chi connectivity index (χ4n) is 2.64. The molecular weight excluding hydrogens is 447 g/mol. The van der Waals surface area contributed by atoms with Crippen LogP contribution in [0.1, 0.15) is 23.0 Å². The molecule has 0 saturated heterocycles. The molecule has 0 spiro atoms. The minimum Gasteiger partial charge on any atom is -0.493 e. The minimum absolute atomic E-state index is 0.220. The third-order valence-electron chi connectivity index (χ3n) is 4.10. The van der Waals surface area contributed by atoms with Gasteiger partial charge in [-0.1, -0.05) is 0 Å². The number of carbonyl (C=O) groups excluding carboxylic acids is 1. The van der Waals surface area contributed by atoms with Gasteiger partial charge in [0.2, 0.25) is 10.0 Å². The van der Waals surface area contributed by atoms with Crippen molar-refractivity contribution in [1.29, 1.82) is 0 Å². The Kier molecular flexibility index (Phi) is 6.88. The Labute approximate surface area is 182 Å². The smallest absolute Gasteiger partial charge is 0.341 e. The lowest BCUT2D eigenvalue weighted by Gasteiger charge is -2.10. The van der Waals surface area contributed by atoms with Gasteiger partial charge in [0.1, 0.15) is 17.4 Å². The SMILES string of the molecule is CCOc1ccc(-c2nc(COC(=O)c3cc(S(N)(=O)=O)ccc3F)cs2)cc1OC. The second-order valence-electron chi connectivity index (χ2n) is 6.21. The van der Waals surface area contributed by atoms with Gasteiger partial charge in [-0.25, -0.2) is 27.7 Å². The van der Waals surface area contributed by atoms with Crippen LogP contribution in [0.2, 0.25) is 0 Å². The summed E-state index contributed by atoms with van der Waals surface area (Å²) in [5.74, 6) is -0.769. The highest BCUT2D eigenvalue weighted by atomic mass is 32.2. The summed E-state index contributed by atoms with van der Waals surface area (Å²) in [5, 5.41) is 7.38. The quantitative estimate of drug-likeness (QED) is 0.506. The van der Waals surface area contributed by atoms with Crippen LogP contribution in [0.3, 0.4) is 0 Å². The molecule has 0 amide bonds. The van der Waals surface area contributed by atoms with Crippen molar-refractivity contribution in [2.45, 2.75) is 18.4 Å². The molecule has 0 unspecified atom stereocenters. The first-order valence-electron chi connectivity index (χ1n) is 8.98. The summed E-state index contributed by atoms with van der Waals surface area (Å²) in [4.78, 5) is 16.2. The third-order valence-corrected chi connectivity index (χ3v) is 5.95. The first-order chi connectivity index (χ1) is 14.7. The van der Waals surface area contributed by atoms with Gasteiger partial charge in [0.15, 0.2) is 11.5 Å². The van der Waals surface area contributed by atoms with Crippen LogP contribution >= 0.6 is 11.3 Å². The molecule has 1 aromatic heterocycles. The topological polar surface area (TPSA) is 118 Å². The summed E-state index contributed by atoms with van der Waals surface area (Å²) in [6, 6.07) is 8.05. The first kappa shape index (κ1) is 22.7. The number of hydrogen-bond acceptors (Lipinski definition) is 8. The van der Waals surface area contributed by atoms with Crippen LogP contribution in [0.4, 0.5) is 4.39 Å². The monoisotopic (exact) mass is 466 g/mol. The van der Waals surface area contributed by atoms with E-state index in [9.17, 15) is 17.6 Å². The van der Waals surface area contributed by atoms with Crippen molar-refractivity contribution >= 4 is 27.3 Å². The van der Waals surface area contributed by atoms with Crippen LogP contribution in [-0.2, 0) is 21.4 Å². The van der Waals surface area contributed by atoms with Crippen molar-refractivity contribution in [3.8, 4) is 22.1 Å². The van der Waals surface area contributed by atoms with Crippen LogP contribution in [0.5, 0.6) is 11.5 Å². The van der Waals surface area contributed by atoms with E-state index in [0.717, 1.165) is 23.8 Å². The zero-order chi connectivity index (χ0) is 22.6. The van der Waals surface area contributed by atoms with Gasteiger partial charge >= 0.3 is 5.97 Å². The summed E-state index contributed by atoms with van der Waals surface area (Å²) < 4.78 is 52.7. The number of halogens is 1. The molecule has 0 fully saturated rings. The van der Waals surface area contributed by atoms with Gasteiger partial charge in [0, 0.05) is 10.9 Å². The highest BCUT2D eigenvalue weighted by Crippen LogP contribution is 2.34. The second-order valence-corrected chi connectivity index (χ2v) is 8.62. The molecule has 2 N–H and O–H groups in total. The van der Waals surface area contributed by atoms with E-state index >= 15 is 0 Å². The van der Waals surface area contributed by atoms with Crippen LogP contribution < -0.4 is 14.6 Å². The zero-order valence-electron chi connectivity index (χ0n) is 16.6. The van der Waals surface area contributed by atoms with E-state index in [-0.39, 0.29) is 11.5 Å². The number of rotatable bonds is 8. The Balaban J connectivity index is 1.73. The number of primary sulfonamides is 1. The number of aromatic nitrogens is 1. The molecule has 8 nitrogen and oxygen atoms in total. The predicted molar refractivity (Wildman–Crippen MR) is 112 cm³/mol. The van der Waals surface area contributed by atoms with E-state index in [1.54, 1.807) is 24.6 Å². The maximum absolute atomic E-state index is 13.9. The molecule has 0 radical (unpaired) electrons. The largest absolute Gasteiger partial charge is 0.493 e. The molecule has 0 aliphatic rings. The molecule has 1 heterocycles. The van der Waals surface area contributed by atoms with E-state index < -0.39 is 27.4 Å². The molecule has 0 bridgehead atoms. The lowest BCUT2D eigenvalue weighted by atomic mass is 10.2. The van der Waals surface area contributed by atoms with Crippen molar-refractivity contribution in [3.63, 3.8) is 0 Å². The standard InChI is InChI=1S/C20H19FN2O6S2/c1-3-28-17-7-4-12(8-18(17)27-2)19-23-13(11-30-19)10-29-20(24)15-9-14(31(22,25)26)5-6-16(15)21/h4-9,11H,3,10H2,1-2H3,(H2,22,25,26). The Bertz CT molecular complexity index is 1210. The molecule has 0 saturated carbocycles. The van der Waals surface area contributed by atoms with Crippen LogP contribution in [0.15, 0.2) is 46.7 Å². The molecule has 0 aliphatic heterocycles. The van der Waals surface area contributed by atoms with Crippen molar-refractivity contribution < 1.29 is 31.8 Å². The van der Waals surface area contributed by atoms with Crippen LogP contribution in [-0.4, -0.2) is 33.1 Å². The number of hydrogen-bond donors (Lipinski definition) is 1. The average molecular weight is 467 g/mol. The van der Waals surface area contributed by atoms with Crippen molar-refractivity contribution in [2.75, 3.05) is 13.7 Å². The van der Waals surface area contributed by atoms with E-state index in [0.29, 0.717) is 28.8 Å². The highest BCUT2D eigenvalue weighted by Gasteiger charge is 2.19. The van der Waals surface area contributed by atoms with Crippen LogP contribution in [0.25, 0.3) is 10.6 Å². The summed E-state index contributed by atoms with van der Waals surface area (Å²) in [6.07, 6.45) is 0. The number of benzene rings is 2. The van der Waals surface area contributed by atoms with Crippen LogP contribution in [0, 0.1) is 5.82 Å². The van der Waals surface area contributed by atoms with Gasteiger partial charge in [0.25, 0.3) is 0 Å². The molecule has 11 heteroatoms. The fourth-order valence-corrected chi connectivity index (χ4v) is 3.98. The lowest BCUT2D eigenvalue weighted by molar-refractivity contribution is 0.0462. The number of carbonyl (C=O) groups is 1. The Morgan fingerprint density at radius 3 is 2.65 bits per heavy atom. The third kappa shape index (κ3) is 5.37. The minimum atomic E-state index is -4.09. The van der Waals surface area contributed by atoms with Crippen molar-refractivity contribution in [1.82, 2.24) is 4.98 Å². The fraction of sp³-hybridized carbons (Fsp3) is 0.200. The number of thiazole rings is 1. The maximum Gasteiger partial charge on any atom is 0.341 e. The summed E-state index contributed by atoms with van der Waals surface area (Å²) >= 11 is 1.33. The maximum atomic E-state index is 13.9. The van der Waals surface area contributed by atoms with Gasteiger partial charge in [-0.2, -0.15) is 0 Å². The Morgan fingerprint density at radius 1 is 1.19 bits per heavy atom. The first-order valence-corrected chi connectivity index (χ1v) is 11.4. The van der Waals surface area contributed by atoms with Crippen molar-refractivity contribution in [3.05, 3.63) is 58.9 Å². The van der Waals surface area contributed by atoms with Gasteiger partial charge in [-0.05, 0) is 43.3 Å². The number of methoxy groups -OCH3 is 1. The highest BCUT2D eigenvalue weighted by molar-refractivity contribution is 7.89. The van der Waals surface area contributed by atoms with E-state index in [4.69, 9.17) is 19.3 Å². The molecule has 164 valence electrons. The average Bonchev–Trinajstić information content (AvgIpc) is 3.21. The number of nitrogens with zero attached hydrogens (tertiary/aromatic N) is 1. The molecule has 0 atom stereocenters. The van der Waals surface area contributed by atoms with Gasteiger partial charge in [-0.3, -0.25) is 0 Å². The van der Waals surface area contributed by atoms with E-state index in [1.807, 2.05) is 13.0 Å². The molecule has 0 aliphatic carbocycles. The van der Waals surface area contributed by atoms with E-state index in [2.05, 4.69) is 4.98 Å².